The predicted octanol–water partition coefficient (Wildman–Crippen LogP) is 4.07. The number of halogens is 1. The number of hydrogen-bond acceptors (Lipinski definition) is 1. The van der Waals surface area contributed by atoms with Crippen molar-refractivity contribution in [1.82, 2.24) is 5.32 Å². The maximum Gasteiger partial charge on any atom is 0.223 e. The minimum atomic E-state index is 0.209. The van der Waals surface area contributed by atoms with Gasteiger partial charge in [0.05, 0.1) is 0 Å². The molecule has 0 bridgehead atoms. The van der Waals surface area contributed by atoms with Crippen LogP contribution in [0.2, 0.25) is 5.02 Å². The fraction of sp³-hybridized carbons (Fsp3) is 0.588. The molecule has 0 aliphatic heterocycles. The Labute approximate surface area is 126 Å². The summed E-state index contributed by atoms with van der Waals surface area (Å²) in [4.78, 5) is 12.2. The fourth-order valence-electron chi connectivity index (χ4n) is 2.95. The van der Waals surface area contributed by atoms with Gasteiger partial charge < -0.3 is 5.32 Å². The van der Waals surface area contributed by atoms with Crippen LogP contribution in [0, 0.1) is 17.8 Å². The zero-order valence-electron chi connectivity index (χ0n) is 12.4. The van der Waals surface area contributed by atoms with Crippen molar-refractivity contribution in [2.45, 2.75) is 39.5 Å². The van der Waals surface area contributed by atoms with E-state index in [0.717, 1.165) is 30.2 Å². The first kappa shape index (κ1) is 15.4. The van der Waals surface area contributed by atoms with Gasteiger partial charge in [-0.25, -0.2) is 0 Å². The molecule has 0 spiro atoms. The molecule has 0 saturated heterocycles. The number of amides is 1. The molecule has 0 aromatic heterocycles. The lowest BCUT2D eigenvalue weighted by atomic mass is 9.75. The van der Waals surface area contributed by atoms with Gasteiger partial charge in [-0.1, -0.05) is 37.6 Å². The molecule has 1 aromatic carbocycles. The van der Waals surface area contributed by atoms with E-state index in [9.17, 15) is 4.79 Å². The van der Waals surface area contributed by atoms with Gasteiger partial charge >= 0.3 is 0 Å². The molecule has 1 aliphatic carbocycles. The molecule has 3 heteroatoms. The summed E-state index contributed by atoms with van der Waals surface area (Å²) < 4.78 is 0. The third kappa shape index (κ3) is 4.24. The summed E-state index contributed by atoms with van der Waals surface area (Å²) in [6.07, 6.45) is 4.08. The molecule has 1 saturated carbocycles. The Kier molecular flexibility index (Phi) is 5.47. The van der Waals surface area contributed by atoms with Crippen molar-refractivity contribution >= 4 is 17.5 Å². The Balaban J connectivity index is 1.75. The van der Waals surface area contributed by atoms with Gasteiger partial charge in [0.25, 0.3) is 0 Å². The van der Waals surface area contributed by atoms with Crippen LogP contribution in [0.3, 0.4) is 0 Å². The van der Waals surface area contributed by atoms with E-state index in [1.54, 1.807) is 0 Å². The van der Waals surface area contributed by atoms with Crippen LogP contribution in [0.25, 0.3) is 0 Å². The topological polar surface area (TPSA) is 29.1 Å². The third-order valence-electron chi connectivity index (χ3n) is 4.57. The first-order valence-electron chi connectivity index (χ1n) is 7.58. The molecule has 1 fully saturated rings. The van der Waals surface area contributed by atoms with Gasteiger partial charge in [0.1, 0.15) is 0 Å². The van der Waals surface area contributed by atoms with E-state index in [1.165, 1.54) is 12.0 Å². The molecule has 20 heavy (non-hydrogen) atoms. The molecule has 3 atom stereocenters. The summed E-state index contributed by atoms with van der Waals surface area (Å²) in [6.45, 7) is 5.24. The lowest BCUT2D eigenvalue weighted by Crippen LogP contribution is -2.36. The molecule has 0 radical (unpaired) electrons. The SMILES string of the molecule is CC1CCC(C(=O)NCCc2cccc(Cl)c2)CC1C. The van der Waals surface area contributed by atoms with Gasteiger partial charge in [0, 0.05) is 17.5 Å². The maximum atomic E-state index is 12.2. The first-order chi connectivity index (χ1) is 9.56. The molecule has 3 unspecified atom stereocenters. The number of carbonyl (C=O) groups is 1. The second kappa shape index (κ2) is 7.12. The second-order valence-electron chi connectivity index (χ2n) is 6.14. The van der Waals surface area contributed by atoms with Gasteiger partial charge in [0.15, 0.2) is 0 Å². The van der Waals surface area contributed by atoms with Gasteiger partial charge in [0.2, 0.25) is 5.91 Å². The zero-order chi connectivity index (χ0) is 14.5. The predicted molar refractivity (Wildman–Crippen MR) is 83.8 cm³/mol. The van der Waals surface area contributed by atoms with Crippen LogP contribution in [-0.2, 0) is 11.2 Å². The molecule has 0 heterocycles. The van der Waals surface area contributed by atoms with Crippen LogP contribution in [0.4, 0.5) is 0 Å². The highest BCUT2D eigenvalue weighted by molar-refractivity contribution is 6.30. The van der Waals surface area contributed by atoms with Crippen molar-refractivity contribution in [3.63, 3.8) is 0 Å². The average Bonchev–Trinajstić information content (AvgIpc) is 2.42. The van der Waals surface area contributed by atoms with Crippen LogP contribution in [0.15, 0.2) is 24.3 Å². The highest BCUT2D eigenvalue weighted by atomic mass is 35.5. The van der Waals surface area contributed by atoms with Crippen LogP contribution >= 0.6 is 11.6 Å². The maximum absolute atomic E-state index is 12.2. The zero-order valence-corrected chi connectivity index (χ0v) is 13.1. The van der Waals surface area contributed by atoms with Gasteiger partial charge in [-0.2, -0.15) is 0 Å². The number of benzene rings is 1. The normalized spacial score (nSPS) is 26.2. The van der Waals surface area contributed by atoms with E-state index in [2.05, 4.69) is 19.2 Å². The molecular formula is C17H24ClNO. The summed E-state index contributed by atoms with van der Waals surface area (Å²) >= 11 is 5.95. The lowest BCUT2D eigenvalue weighted by Gasteiger charge is -2.31. The molecule has 2 nitrogen and oxygen atoms in total. The van der Waals surface area contributed by atoms with E-state index >= 15 is 0 Å². The van der Waals surface area contributed by atoms with E-state index in [0.29, 0.717) is 12.5 Å². The lowest BCUT2D eigenvalue weighted by molar-refractivity contribution is -0.126. The Bertz CT molecular complexity index is 460. The number of carbonyl (C=O) groups excluding carboxylic acids is 1. The van der Waals surface area contributed by atoms with Crippen molar-refractivity contribution in [3.8, 4) is 0 Å². The largest absolute Gasteiger partial charge is 0.356 e. The summed E-state index contributed by atoms with van der Waals surface area (Å²) in [7, 11) is 0. The summed E-state index contributed by atoms with van der Waals surface area (Å²) in [5.41, 5.74) is 1.17. The third-order valence-corrected chi connectivity index (χ3v) is 4.81. The number of hydrogen-bond donors (Lipinski definition) is 1. The number of rotatable bonds is 4. The highest BCUT2D eigenvalue weighted by Crippen LogP contribution is 2.33. The number of nitrogens with one attached hydrogen (secondary N) is 1. The molecule has 1 N–H and O–H groups in total. The van der Waals surface area contributed by atoms with Crippen LogP contribution in [0.1, 0.15) is 38.7 Å². The highest BCUT2D eigenvalue weighted by Gasteiger charge is 2.28. The van der Waals surface area contributed by atoms with Crippen molar-refractivity contribution in [3.05, 3.63) is 34.9 Å². The van der Waals surface area contributed by atoms with Crippen LogP contribution in [0.5, 0.6) is 0 Å². The summed E-state index contributed by atoms with van der Waals surface area (Å²) in [5.74, 6) is 1.85. The Morgan fingerprint density at radius 2 is 2.10 bits per heavy atom. The van der Waals surface area contributed by atoms with Crippen LogP contribution < -0.4 is 5.32 Å². The Morgan fingerprint density at radius 3 is 2.80 bits per heavy atom. The minimum absolute atomic E-state index is 0.209. The molecule has 2 rings (SSSR count). The summed E-state index contributed by atoms with van der Waals surface area (Å²) in [5, 5.41) is 3.83. The Morgan fingerprint density at radius 1 is 1.30 bits per heavy atom. The quantitative estimate of drug-likeness (QED) is 0.891. The standard InChI is InChI=1S/C17H24ClNO/c1-12-6-7-15(10-13(12)2)17(20)19-9-8-14-4-3-5-16(18)11-14/h3-5,11-13,15H,6-10H2,1-2H3,(H,19,20). The van der Waals surface area contributed by atoms with E-state index < -0.39 is 0 Å². The minimum Gasteiger partial charge on any atom is -0.356 e. The van der Waals surface area contributed by atoms with E-state index in [4.69, 9.17) is 11.6 Å². The van der Waals surface area contributed by atoms with Gasteiger partial charge in [-0.3, -0.25) is 4.79 Å². The van der Waals surface area contributed by atoms with Crippen molar-refractivity contribution in [2.75, 3.05) is 6.54 Å². The Hall–Kier alpha value is -1.02. The smallest absolute Gasteiger partial charge is 0.223 e. The molecular weight excluding hydrogens is 270 g/mol. The fourth-order valence-corrected chi connectivity index (χ4v) is 3.17. The first-order valence-corrected chi connectivity index (χ1v) is 7.96. The average molecular weight is 294 g/mol. The summed E-state index contributed by atoms with van der Waals surface area (Å²) in [6, 6.07) is 7.82. The molecule has 1 aliphatic rings. The van der Waals surface area contributed by atoms with Gasteiger partial charge in [-0.05, 0) is 55.2 Å². The van der Waals surface area contributed by atoms with E-state index in [-0.39, 0.29) is 11.8 Å². The van der Waals surface area contributed by atoms with Gasteiger partial charge in [-0.15, -0.1) is 0 Å². The molecule has 1 aromatic rings. The monoisotopic (exact) mass is 293 g/mol. The van der Waals surface area contributed by atoms with E-state index in [1.807, 2.05) is 24.3 Å². The van der Waals surface area contributed by atoms with Crippen molar-refractivity contribution < 1.29 is 4.79 Å². The van der Waals surface area contributed by atoms with Crippen LogP contribution in [-0.4, -0.2) is 12.5 Å². The second-order valence-corrected chi connectivity index (χ2v) is 6.57. The molecule has 1 amide bonds. The van der Waals surface area contributed by atoms with Crippen molar-refractivity contribution in [2.24, 2.45) is 17.8 Å². The van der Waals surface area contributed by atoms with Crippen molar-refractivity contribution in [1.29, 1.82) is 0 Å². The molecule has 110 valence electrons.